The monoisotopic (exact) mass is 858 g/mol. The Morgan fingerprint density at radius 1 is 0.927 bits per heavy atom. The highest BCUT2D eigenvalue weighted by Crippen LogP contribution is 2.46. The van der Waals surface area contributed by atoms with Crippen LogP contribution in [0.15, 0.2) is 22.9 Å². The number of fused-ring (bicyclic) bond motifs is 4. The number of aryl methyl sites for hydroxylation is 1. The molecule has 0 bridgehead atoms. The Balaban J connectivity index is 0.000000281. The van der Waals surface area contributed by atoms with Crippen molar-refractivity contribution in [1.29, 1.82) is 0 Å². The summed E-state index contributed by atoms with van der Waals surface area (Å²) in [6, 6.07) is 1.83. The molecule has 2 unspecified atom stereocenters. The van der Waals surface area contributed by atoms with Gasteiger partial charge >= 0.3 is 24.3 Å². The third kappa shape index (κ3) is 13.3. The van der Waals surface area contributed by atoms with Crippen molar-refractivity contribution in [1.82, 2.24) is 19.9 Å². The Morgan fingerprint density at radius 2 is 1.44 bits per heavy atom. The van der Waals surface area contributed by atoms with Crippen LogP contribution in [0.4, 0.5) is 9.59 Å². The summed E-state index contributed by atoms with van der Waals surface area (Å²) in [4.78, 5) is 70.5. The first-order valence-corrected chi connectivity index (χ1v) is 19.2. The Hall–Kier alpha value is -5.03. The highest BCUT2D eigenvalue weighted by atomic mass is 79.9. The summed E-state index contributed by atoms with van der Waals surface area (Å²) in [6.07, 6.45) is 2.72. The van der Waals surface area contributed by atoms with Gasteiger partial charge in [0.1, 0.15) is 48.8 Å². The molecule has 55 heavy (non-hydrogen) atoms. The zero-order valence-corrected chi connectivity index (χ0v) is 34.5. The molecule has 5 heterocycles. The lowest BCUT2D eigenvalue weighted by Gasteiger charge is -2.24. The van der Waals surface area contributed by atoms with Gasteiger partial charge in [-0.25, -0.2) is 23.9 Å². The number of ether oxygens (including phenoxy) is 7. The van der Waals surface area contributed by atoms with Crippen LogP contribution in [0.1, 0.15) is 57.7 Å². The molecule has 0 radical (unpaired) electrons. The number of methoxy groups -OCH3 is 1. The van der Waals surface area contributed by atoms with Crippen LogP contribution in [0.25, 0.3) is 11.0 Å². The zero-order valence-electron chi connectivity index (χ0n) is 32.0. The van der Waals surface area contributed by atoms with E-state index in [2.05, 4.69) is 36.0 Å². The number of carbonyl (C=O) groups is 4. The maximum atomic E-state index is 12.5. The van der Waals surface area contributed by atoms with Crippen LogP contribution in [0.2, 0.25) is 0 Å². The van der Waals surface area contributed by atoms with E-state index >= 15 is 0 Å². The van der Waals surface area contributed by atoms with Crippen LogP contribution in [0, 0.1) is 6.92 Å². The lowest BCUT2D eigenvalue weighted by Crippen LogP contribution is -2.43. The van der Waals surface area contributed by atoms with Crippen LogP contribution in [-0.2, 0) is 37.7 Å². The number of nitrogens with zero attached hydrogens (tertiary/aromatic N) is 3. The summed E-state index contributed by atoms with van der Waals surface area (Å²) < 4.78 is 55.5. The second-order valence-electron chi connectivity index (χ2n) is 13.2. The fourth-order valence-corrected chi connectivity index (χ4v) is 5.95. The molecule has 19 nitrogen and oxygen atoms in total. The summed E-state index contributed by atoms with van der Waals surface area (Å²) in [7, 11) is -1.05. The standard InChI is InChI=1S/C15H18N2O4.C10H20NO6P.C8H6BrNO3.CO2/c1-9-7-10-12(17(9)14(18)21-15(2,3)4)13-11(8-16-10)19-5-6-20-13;1-10(2,3)17-9(13)11-7(8(12)15-4)18(6,14)16-5;9-7-5(4-11)10-3-6-8(7)13-2-1-12-6;2-1-3/h7-8H,5-6H2,1-4H3;7H,1-6H3,(H,11,13);3-4H,1-2H2;. The van der Waals surface area contributed by atoms with E-state index < -0.39 is 42.5 Å². The van der Waals surface area contributed by atoms with Crippen LogP contribution in [0.5, 0.6) is 23.0 Å². The molecule has 2 atom stereocenters. The predicted molar refractivity (Wildman–Crippen MR) is 196 cm³/mol. The van der Waals surface area contributed by atoms with E-state index in [1.54, 1.807) is 27.0 Å². The van der Waals surface area contributed by atoms with Crippen LogP contribution < -0.4 is 24.3 Å². The van der Waals surface area contributed by atoms with Crippen molar-refractivity contribution >= 4 is 64.9 Å². The van der Waals surface area contributed by atoms with E-state index in [9.17, 15) is 23.7 Å². The van der Waals surface area contributed by atoms with Gasteiger partial charge < -0.3 is 37.7 Å². The minimum Gasteiger partial charge on any atom is -0.485 e. The number of aldehydes is 1. The third-order valence-corrected chi connectivity index (χ3v) is 9.43. The Bertz CT molecular complexity index is 1930. The smallest absolute Gasteiger partial charge is 0.419 e. The molecule has 2 aliphatic heterocycles. The number of rotatable bonds is 5. The van der Waals surface area contributed by atoms with Gasteiger partial charge in [0.2, 0.25) is 13.2 Å². The molecule has 302 valence electrons. The Kier molecular flexibility index (Phi) is 16.8. The van der Waals surface area contributed by atoms with Crippen molar-refractivity contribution in [3.8, 4) is 23.0 Å². The van der Waals surface area contributed by atoms with Crippen molar-refractivity contribution in [2.45, 2.75) is 65.5 Å². The van der Waals surface area contributed by atoms with Crippen LogP contribution in [-0.4, -0.2) is 109 Å². The number of pyridine rings is 2. The van der Waals surface area contributed by atoms with E-state index in [-0.39, 0.29) is 6.15 Å². The van der Waals surface area contributed by atoms with Crippen molar-refractivity contribution in [3.05, 3.63) is 34.3 Å². The minimum absolute atomic E-state index is 0.250. The first-order valence-electron chi connectivity index (χ1n) is 16.2. The van der Waals surface area contributed by atoms with Gasteiger partial charge in [0.15, 0.2) is 29.3 Å². The molecule has 5 rings (SSSR count). The normalized spacial score (nSPS) is 14.2. The molecular weight excluding hydrogens is 815 g/mol. The van der Waals surface area contributed by atoms with Gasteiger partial charge in [0.05, 0.1) is 29.5 Å². The van der Waals surface area contributed by atoms with E-state index in [1.165, 1.54) is 24.5 Å². The molecule has 3 aromatic heterocycles. The average Bonchev–Trinajstić information content (AvgIpc) is 3.46. The molecule has 0 saturated heterocycles. The van der Waals surface area contributed by atoms with E-state index in [4.69, 9.17) is 42.5 Å². The summed E-state index contributed by atoms with van der Waals surface area (Å²) in [5, 5.41) is 2.19. The molecule has 21 heteroatoms. The molecule has 1 amide bonds. The van der Waals surface area contributed by atoms with E-state index in [0.29, 0.717) is 76.9 Å². The predicted octanol–water partition coefficient (Wildman–Crippen LogP) is 5.31. The number of esters is 1. The number of hydrogen-bond acceptors (Lipinski definition) is 17. The fourth-order valence-electron chi connectivity index (χ4n) is 4.41. The zero-order chi connectivity index (χ0) is 41.7. The molecular formula is C34H44BrN4O15P. The molecule has 1 N–H and O–H groups in total. The number of nitrogens with one attached hydrogen (secondary N) is 1. The second-order valence-corrected chi connectivity index (χ2v) is 16.7. The summed E-state index contributed by atoms with van der Waals surface area (Å²) >= 11 is 3.23. The summed E-state index contributed by atoms with van der Waals surface area (Å²) in [5.74, 6) is -0.00941. The average molecular weight is 860 g/mol. The molecule has 3 aromatic rings. The van der Waals surface area contributed by atoms with Crippen molar-refractivity contribution in [2.24, 2.45) is 0 Å². The van der Waals surface area contributed by atoms with Gasteiger partial charge in [0, 0.05) is 19.5 Å². The number of carbonyl (C=O) groups excluding carboxylic acids is 6. The first kappa shape index (κ1) is 46.1. The van der Waals surface area contributed by atoms with Gasteiger partial charge in [-0.15, -0.1) is 0 Å². The Labute approximate surface area is 325 Å². The molecule has 0 aliphatic carbocycles. The number of amides is 1. The highest BCUT2D eigenvalue weighted by Gasteiger charge is 2.38. The largest absolute Gasteiger partial charge is 0.485 e. The van der Waals surface area contributed by atoms with E-state index in [0.717, 1.165) is 12.8 Å². The van der Waals surface area contributed by atoms with Crippen molar-refractivity contribution < 1.29 is 71.0 Å². The van der Waals surface area contributed by atoms with Gasteiger partial charge in [-0.05, 0) is 70.5 Å². The van der Waals surface area contributed by atoms with Crippen molar-refractivity contribution in [3.63, 3.8) is 0 Å². The van der Waals surface area contributed by atoms with Crippen LogP contribution >= 0.6 is 23.3 Å². The topological polar surface area (TPSA) is 236 Å². The maximum Gasteiger partial charge on any atom is 0.419 e. The quantitative estimate of drug-likeness (QED) is 0.148. The number of halogens is 1. The van der Waals surface area contributed by atoms with Gasteiger partial charge in [-0.1, -0.05) is 0 Å². The van der Waals surface area contributed by atoms with Gasteiger partial charge in [-0.3, -0.25) is 19.7 Å². The molecule has 0 fully saturated rings. The fraction of sp³-hybridized carbons (Fsp3) is 0.500. The third-order valence-electron chi connectivity index (χ3n) is 6.66. The van der Waals surface area contributed by atoms with Crippen molar-refractivity contribution in [2.75, 3.05) is 47.3 Å². The molecule has 0 saturated carbocycles. The van der Waals surface area contributed by atoms with Gasteiger partial charge in [0.25, 0.3) is 0 Å². The summed E-state index contributed by atoms with van der Waals surface area (Å²) in [6.45, 7) is 15.5. The summed E-state index contributed by atoms with van der Waals surface area (Å²) in [5.41, 5.74) is 1.05. The SMILES string of the molecule is COC(=O)C(NC(=O)OC(C)(C)C)P(C)(=O)OC.Cc1cc2ncc3c(c2n1C(=O)OC(C)(C)C)OCCO3.O=C=O.O=Cc1ncc2c(c1Br)OCCO2. The minimum atomic E-state index is -3.36. The Morgan fingerprint density at radius 3 is 1.95 bits per heavy atom. The lowest BCUT2D eigenvalue weighted by atomic mass is 10.2. The molecule has 0 spiro atoms. The lowest BCUT2D eigenvalue weighted by molar-refractivity contribution is -0.191. The first-order chi connectivity index (χ1) is 25.6. The number of alkyl carbamates (subject to hydrolysis) is 1. The number of aromatic nitrogens is 3. The molecule has 0 aromatic carbocycles. The number of hydrogen-bond donors (Lipinski definition) is 1. The van der Waals surface area contributed by atoms with Gasteiger partial charge in [-0.2, -0.15) is 9.59 Å². The second kappa shape index (κ2) is 20.0. The highest BCUT2D eigenvalue weighted by molar-refractivity contribution is 9.10. The van der Waals surface area contributed by atoms with Crippen LogP contribution in [0.3, 0.4) is 0 Å². The van der Waals surface area contributed by atoms with E-state index in [1.807, 2.05) is 33.8 Å². The maximum absolute atomic E-state index is 12.5. The molecule has 2 aliphatic rings.